The van der Waals surface area contributed by atoms with E-state index in [1.807, 2.05) is 0 Å². The maximum atomic E-state index is 13.4. The van der Waals surface area contributed by atoms with Crippen molar-refractivity contribution in [1.29, 1.82) is 0 Å². The van der Waals surface area contributed by atoms with Crippen LogP contribution in [0.5, 0.6) is 0 Å². The van der Waals surface area contributed by atoms with E-state index in [1.54, 1.807) is 7.05 Å². The summed E-state index contributed by atoms with van der Waals surface area (Å²) in [6.07, 6.45) is 11.7. The van der Waals surface area contributed by atoms with Gasteiger partial charge in [-0.15, -0.1) is 0 Å². The highest BCUT2D eigenvalue weighted by Gasteiger charge is 2.82. The number of aliphatic hydroxyl groups excluding tert-OH is 2. The molecule has 238 valence electrons. The monoisotopic (exact) mass is 598 g/mol. The van der Waals surface area contributed by atoms with E-state index >= 15 is 0 Å². The van der Waals surface area contributed by atoms with Crippen LogP contribution in [0, 0.1) is 34.0 Å². The van der Waals surface area contributed by atoms with E-state index in [0.29, 0.717) is 50.7 Å². The molecule has 7 aliphatic rings. The molecular weight excluding hydrogens is 548 g/mol. The highest BCUT2D eigenvalue weighted by Crippen LogP contribution is 2.84. The number of ether oxygens (including phenoxy) is 1. The number of aliphatic imine (C=N–C) groups is 1. The number of aliphatic hydroxyl groups is 3. The van der Waals surface area contributed by atoms with E-state index in [9.17, 15) is 25.2 Å². The first-order chi connectivity index (χ1) is 20.6. The molecule has 0 aromatic rings. The minimum atomic E-state index is -1.62. The Balaban J connectivity index is 1.39. The number of carboxylic acids is 1. The average Bonchev–Trinajstić information content (AvgIpc) is 3.36. The van der Waals surface area contributed by atoms with Crippen LogP contribution in [0.2, 0.25) is 0 Å². The fraction of sp³-hybridized carbons (Fsp3) is 0.818. The molecule has 10 heteroatoms. The van der Waals surface area contributed by atoms with Crippen molar-refractivity contribution in [2.45, 2.75) is 108 Å². The van der Waals surface area contributed by atoms with E-state index < -0.39 is 29.2 Å². The number of nitrogens with one attached hydrogen (secondary N) is 1. The highest BCUT2D eigenvalue weighted by atomic mass is 16.5. The van der Waals surface area contributed by atoms with E-state index in [2.05, 4.69) is 34.4 Å². The minimum absolute atomic E-state index is 0.0144. The van der Waals surface area contributed by atoms with Gasteiger partial charge in [0.05, 0.1) is 30.5 Å². The molecule has 5 fully saturated rings. The van der Waals surface area contributed by atoms with E-state index in [0.717, 1.165) is 50.5 Å². The molecule has 5 aliphatic carbocycles. The lowest BCUT2D eigenvalue weighted by molar-refractivity contribution is -0.228. The fourth-order valence-electron chi connectivity index (χ4n) is 12.1. The third-order valence-electron chi connectivity index (χ3n) is 13.6. The Bertz CT molecular complexity index is 1250. The second-order valence-electron chi connectivity index (χ2n) is 15.0. The summed E-state index contributed by atoms with van der Waals surface area (Å²) in [7, 11) is 1.71. The smallest absolute Gasteiger partial charge is 0.334 e. The Morgan fingerprint density at radius 1 is 1.21 bits per heavy atom. The van der Waals surface area contributed by atoms with Crippen LogP contribution in [-0.2, 0) is 9.53 Å². The van der Waals surface area contributed by atoms with Crippen molar-refractivity contribution in [3.8, 4) is 0 Å². The summed E-state index contributed by atoms with van der Waals surface area (Å²) in [6.45, 7) is 3.55. The molecule has 1 saturated heterocycles. The van der Waals surface area contributed by atoms with Crippen LogP contribution in [0.15, 0.2) is 28.4 Å². The molecule has 2 aliphatic heterocycles. The van der Waals surface area contributed by atoms with Crippen LogP contribution in [0.3, 0.4) is 0 Å². The summed E-state index contributed by atoms with van der Waals surface area (Å²) in [6, 6.07) is 0.0144. The van der Waals surface area contributed by atoms with E-state index in [1.165, 1.54) is 0 Å². The van der Waals surface area contributed by atoms with Gasteiger partial charge in [-0.2, -0.15) is 0 Å². The number of nitrogens with zero attached hydrogens (tertiary/aromatic N) is 2. The molecule has 11 unspecified atom stereocenters. The maximum absolute atomic E-state index is 13.4. The number of carboxylic acid groups (broad SMARTS) is 1. The fourth-order valence-corrected chi connectivity index (χ4v) is 12.1. The number of fused-ring (bicyclic) bond motifs is 1. The topological polar surface area (TPSA) is 161 Å². The number of carbonyl (C=O) groups is 1. The minimum Gasteiger partial charge on any atom is -0.478 e. The Morgan fingerprint density at radius 2 is 1.98 bits per heavy atom. The molecule has 0 aromatic heterocycles. The predicted molar refractivity (Wildman–Crippen MR) is 161 cm³/mol. The number of hydrogen-bond donors (Lipinski definition) is 6. The van der Waals surface area contributed by atoms with Gasteiger partial charge in [0, 0.05) is 43.2 Å². The number of hydrogen-bond acceptors (Lipinski definition) is 7. The van der Waals surface area contributed by atoms with Crippen LogP contribution in [0.1, 0.15) is 77.6 Å². The normalized spacial score (nSPS) is 48.6. The number of guanidine groups is 1. The summed E-state index contributed by atoms with van der Waals surface area (Å²) in [5.74, 6) is 0.0799. The number of rotatable bonds is 6. The summed E-state index contributed by atoms with van der Waals surface area (Å²) in [5.41, 5.74) is 4.96. The maximum Gasteiger partial charge on any atom is 0.334 e. The Hall–Kier alpha value is -1.98. The number of nitrogens with two attached hydrogens (primary N) is 1. The second-order valence-corrected chi connectivity index (χ2v) is 15.0. The lowest BCUT2D eigenvalue weighted by Gasteiger charge is -2.71. The van der Waals surface area contributed by atoms with Crippen molar-refractivity contribution in [3.63, 3.8) is 0 Å². The standard InChI is InChI=1S/C33H50N4O6/c1-30-10-7-20-15-23-27(28(40)41)31(42,26-6-4-19-3-5-22(39)16-24(19)43-26)18-32(23,30)33(20)21(17-36-12-14-38)9-13-37(29(34)35-2)25(33)8-11-30/h9,13,19-22,24-26,36,38-39,42H,3-8,10-12,14-18H2,1-2H3,(H2,34,35)(H,40,41). The number of aliphatic carboxylic acids is 1. The SMILES string of the molecule is CN=C(N)N1C=CC(CNCCO)C23C4CCC(C)(CCC12)C31CC(O)(C2CCC3CCC(O)CC3O2)C(C(=O)O)=C1C4. The number of allylic oxidation sites excluding steroid dienone is 1. The third kappa shape index (κ3) is 3.76. The molecule has 11 atom stereocenters. The molecule has 0 radical (unpaired) electrons. The zero-order valence-electron chi connectivity index (χ0n) is 25.7. The van der Waals surface area contributed by atoms with E-state index in [4.69, 9.17) is 10.5 Å². The van der Waals surface area contributed by atoms with Gasteiger partial charge in [-0.25, -0.2) is 4.79 Å². The first-order valence-electron chi connectivity index (χ1n) is 16.6. The van der Waals surface area contributed by atoms with Crippen LogP contribution in [0.25, 0.3) is 0 Å². The molecular formula is C33H50N4O6. The van der Waals surface area contributed by atoms with Gasteiger partial charge in [0.2, 0.25) is 0 Å². The van der Waals surface area contributed by atoms with Crippen molar-refractivity contribution in [3.05, 3.63) is 23.4 Å². The van der Waals surface area contributed by atoms with Gasteiger partial charge in [0.25, 0.3) is 0 Å². The van der Waals surface area contributed by atoms with Gasteiger partial charge in [-0.1, -0.05) is 13.0 Å². The lowest BCUT2D eigenvalue weighted by Crippen LogP contribution is -2.72. The average molecular weight is 599 g/mol. The largest absolute Gasteiger partial charge is 0.478 e. The van der Waals surface area contributed by atoms with Crippen LogP contribution < -0.4 is 11.1 Å². The predicted octanol–water partition coefficient (Wildman–Crippen LogP) is 2.14. The summed E-state index contributed by atoms with van der Waals surface area (Å²) in [4.78, 5) is 19.9. The molecule has 2 heterocycles. The molecule has 4 saturated carbocycles. The molecule has 0 amide bonds. The van der Waals surface area contributed by atoms with Gasteiger partial charge in [-0.3, -0.25) is 4.99 Å². The molecule has 10 nitrogen and oxygen atoms in total. The zero-order valence-corrected chi connectivity index (χ0v) is 25.7. The molecule has 4 bridgehead atoms. The lowest BCUT2D eigenvalue weighted by atomic mass is 9.35. The van der Waals surface area contributed by atoms with Gasteiger partial charge >= 0.3 is 5.97 Å². The Labute approximate surface area is 254 Å². The third-order valence-corrected chi connectivity index (χ3v) is 13.6. The van der Waals surface area contributed by atoms with Crippen LogP contribution in [0.4, 0.5) is 0 Å². The van der Waals surface area contributed by atoms with Crippen LogP contribution >= 0.6 is 0 Å². The first kappa shape index (κ1) is 29.7. The molecule has 43 heavy (non-hydrogen) atoms. The zero-order chi connectivity index (χ0) is 30.4. The molecule has 2 spiro atoms. The van der Waals surface area contributed by atoms with Crippen molar-refractivity contribution in [2.24, 2.45) is 44.7 Å². The molecule has 7 N–H and O–H groups in total. The van der Waals surface area contributed by atoms with E-state index in [-0.39, 0.29) is 47.0 Å². The van der Waals surface area contributed by atoms with Crippen molar-refractivity contribution < 1.29 is 30.0 Å². The second kappa shape index (κ2) is 10.3. The van der Waals surface area contributed by atoms with Gasteiger partial charge in [-0.05, 0) is 99.4 Å². The van der Waals surface area contributed by atoms with Crippen molar-refractivity contribution >= 4 is 11.9 Å². The van der Waals surface area contributed by atoms with Crippen LogP contribution in [-0.4, -0.2) is 94.0 Å². The Morgan fingerprint density at radius 3 is 2.72 bits per heavy atom. The molecule has 0 aromatic carbocycles. The van der Waals surface area contributed by atoms with Gasteiger partial charge in [0.15, 0.2) is 5.96 Å². The van der Waals surface area contributed by atoms with Gasteiger partial charge < -0.3 is 41.1 Å². The van der Waals surface area contributed by atoms with Crippen molar-refractivity contribution in [1.82, 2.24) is 10.2 Å². The Kier molecular flexibility index (Phi) is 7.10. The quantitative estimate of drug-likeness (QED) is 0.153. The summed E-state index contributed by atoms with van der Waals surface area (Å²) in [5, 5.41) is 47.4. The first-order valence-corrected chi connectivity index (χ1v) is 16.6. The summed E-state index contributed by atoms with van der Waals surface area (Å²) < 4.78 is 6.69. The summed E-state index contributed by atoms with van der Waals surface area (Å²) >= 11 is 0. The van der Waals surface area contributed by atoms with Crippen molar-refractivity contribution in [2.75, 3.05) is 26.7 Å². The highest BCUT2D eigenvalue weighted by molar-refractivity contribution is 5.92. The molecule has 7 rings (SSSR count). The van der Waals surface area contributed by atoms with Gasteiger partial charge in [0.1, 0.15) is 5.60 Å².